The molecule has 2 aliphatic heterocycles. The summed E-state index contributed by atoms with van der Waals surface area (Å²) in [6.07, 6.45) is 0. The lowest BCUT2D eigenvalue weighted by molar-refractivity contribution is -0.137. The van der Waals surface area contributed by atoms with Crippen LogP contribution in [0, 0.1) is 5.82 Å². The lowest BCUT2D eigenvalue weighted by atomic mass is 9.80. The number of hydrogen-bond acceptors (Lipinski definition) is 12. The number of methoxy groups -OCH3 is 2. The highest BCUT2D eigenvalue weighted by Crippen LogP contribution is 2.45. The predicted molar refractivity (Wildman–Crippen MR) is 196 cm³/mol. The van der Waals surface area contributed by atoms with Crippen LogP contribution in [0.5, 0.6) is 0 Å². The van der Waals surface area contributed by atoms with Gasteiger partial charge in [0.25, 0.3) is 0 Å². The number of hydrogen-bond donors (Lipinski definition) is 4. The van der Waals surface area contributed by atoms with Gasteiger partial charge in [0.1, 0.15) is 17.5 Å². The van der Waals surface area contributed by atoms with E-state index in [1.54, 1.807) is 31.3 Å². The van der Waals surface area contributed by atoms with E-state index in [0.717, 1.165) is 24.8 Å². The summed E-state index contributed by atoms with van der Waals surface area (Å²) in [5.74, 6) is -2.78. The van der Waals surface area contributed by atoms with Gasteiger partial charge >= 0.3 is 11.9 Å². The minimum Gasteiger partial charge on any atom is -0.466 e. The molecule has 0 saturated heterocycles. The standard InChI is InChI=1S/C18H17BrN2O3S.C18H17FN2O3S/c1-8-13(9(2)22)14(15(17(20)21-8)18(23)24-3)11-7-25-16-10(11)5-4-6-12(16)19;1-8-14(9(2)22)15(16(17(20)21-8)18(23)24-3)12-7-25-13-5-4-10(19)6-11(12)13/h4-7,14,21H,20H2,1-3H3;4-7,15,21H,20H2,1-3H3. The molecule has 0 aliphatic carbocycles. The fourth-order valence-electron chi connectivity index (χ4n) is 6.45. The van der Waals surface area contributed by atoms with Gasteiger partial charge < -0.3 is 31.6 Å². The highest BCUT2D eigenvalue weighted by molar-refractivity contribution is 9.10. The van der Waals surface area contributed by atoms with Crippen LogP contribution in [0.4, 0.5) is 4.39 Å². The fraction of sp³-hybridized carbons (Fsp3) is 0.222. The van der Waals surface area contributed by atoms with Gasteiger partial charge in [0.15, 0.2) is 11.6 Å². The van der Waals surface area contributed by atoms with Crippen molar-refractivity contribution in [2.75, 3.05) is 14.2 Å². The Morgan fingerprint density at radius 1 is 0.760 bits per heavy atom. The molecule has 0 spiro atoms. The number of Topliss-reactive ketones (excluding diaryl/α,β-unsaturated/α-hetero) is 2. The van der Waals surface area contributed by atoms with Crippen molar-refractivity contribution in [2.45, 2.75) is 39.5 Å². The van der Waals surface area contributed by atoms with Crippen molar-refractivity contribution in [3.8, 4) is 0 Å². The molecule has 0 amide bonds. The molecule has 260 valence electrons. The zero-order chi connectivity index (χ0) is 36.6. The molecule has 6 rings (SSSR count). The van der Waals surface area contributed by atoms with Crippen LogP contribution in [0.2, 0.25) is 0 Å². The molecule has 2 unspecified atom stereocenters. The van der Waals surface area contributed by atoms with E-state index in [1.165, 1.54) is 51.5 Å². The third-order valence-corrected chi connectivity index (χ3v) is 11.5. The maximum Gasteiger partial charge on any atom is 0.338 e. The number of esters is 2. The Bertz CT molecular complexity index is 2150. The maximum atomic E-state index is 13.8. The zero-order valence-electron chi connectivity index (χ0n) is 28.0. The molecule has 4 aromatic rings. The molecular weight excluding hydrogens is 747 g/mol. The van der Waals surface area contributed by atoms with E-state index < -0.39 is 23.8 Å². The topological polar surface area (TPSA) is 163 Å². The van der Waals surface area contributed by atoms with Crippen LogP contribution in [-0.2, 0) is 28.7 Å². The average Bonchev–Trinajstić information content (AvgIpc) is 3.68. The van der Waals surface area contributed by atoms with Crippen LogP contribution in [-0.4, -0.2) is 37.7 Å². The van der Waals surface area contributed by atoms with Gasteiger partial charge in [0.05, 0.1) is 37.2 Å². The number of dihydropyridines is 2. The Labute approximate surface area is 303 Å². The summed E-state index contributed by atoms with van der Waals surface area (Å²) >= 11 is 6.52. The van der Waals surface area contributed by atoms with E-state index in [9.17, 15) is 23.6 Å². The lowest BCUT2D eigenvalue weighted by Crippen LogP contribution is -2.35. The number of thiophene rings is 2. The Morgan fingerprint density at radius 2 is 1.26 bits per heavy atom. The van der Waals surface area contributed by atoms with Gasteiger partial charge in [-0.15, -0.1) is 22.7 Å². The van der Waals surface area contributed by atoms with Crippen LogP contribution in [0.3, 0.4) is 0 Å². The van der Waals surface area contributed by atoms with Gasteiger partial charge in [0.2, 0.25) is 0 Å². The Kier molecular flexibility index (Phi) is 10.6. The van der Waals surface area contributed by atoms with Crippen LogP contribution < -0.4 is 22.1 Å². The number of benzene rings is 2. The van der Waals surface area contributed by atoms with Crippen molar-refractivity contribution >= 4 is 82.3 Å². The van der Waals surface area contributed by atoms with E-state index in [2.05, 4.69) is 26.6 Å². The summed E-state index contributed by atoms with van der Waals surface area (Å²) in [4.78, 5) is 49.4. The zero-order valence-corrected chi connectivity index (χ0v) is 31.2. The molecule has 2 atom stereocenters. The van der Waals surface area contributed by atoms with Gasteiger partial charge in [0, 0.05) is 36.4 Å². The average molecular weight is 782 g/mol. The van der Waals surface area contributed by atoms with E-state index in [0.29, 0.717) is 33.5 Å². The molecule has 10 nitrogen and oxygen atoms in total. The third-order valence-electron chi connectivity index (χ3n) is 8.53. The first-order valence-corrected chi connectivity index (χ1v) is 17.7. The van der Waals surface area contributed by atoms with Gasteiger partial charge in [-0.05, 0) is 101 Å². The van der Waals surface area contributed by atoms with Crippen molar-refractivity contribution in [1.82, 2.24) is 10.6 Å². The molecule has 4 heterocycles. The Morgan fingerprint density at radius 3 is 1.76 bits per heavy atom. The molecule has 2 aromatic carbocycles. The number of carbonyl (C=O) groups is 4. The first kappa shape index (κ1) is 36.5. The third kappa shape index (κ3) is 6.57. The van der Waals surface area contributed by atoms with Crippen LogP contribution in [0.25, 0.3) is 20.2 Å². The number of halogens is 2. The molecule has 14 heteroatoms. The second-order valence-electron chi connectivity index (χ2n) is 11.6. The summed E-state index contributed by atoms with van der Waals surface area (Å²) in [7, 11) is 2.56. The second kappa shape index (κ2) is 14.6. The van der Waals surface area contributed by atoms with Gasteiger partial charge in [-0.3, -0.25) is 9.59 Å². The Balaban J connectivity index is 0.000000194. The van der Waals surface area contributed by atoms with E-state index in [1.807, 2.05) is 29.0 Å². The molecule has 6 N–H and O–H groups in total. The predicted octanol–water partition coefficient (Wildman–Crippen LogP) is 6.49. The summed E-state index contributed by atoms with van der Waals surface area (Å²) in [5.41, 5.74) is 16.2. The normalized spacial score (nSPS) is 17.7. The molecule has 2 aliphatic rings. The van der Waals surface area contributed by atoms with E-state index in [4.69, 9.17) is 20.9 Å². The molecule has 50 heavy (non-hydrogen) atoms. The van der Waals surface area contributed by atoms with Gasteiger partial charge in [-0.25, -0.2) is 14.0 Å². The minimum atomic E-state index is -0.707. The van der Waals surface area contributed by atoms with Crippen LogP contribution in [0.15, 0.2) is 97.0 Å². The molecule has 0 bridgehead atoms. The number of fused-ring (bicyclic) bond motifs is 2. The smallest absolute Gasteiger partial charge is 0.338 e. The van der Waals surface area contributed by atoms with Gasteiger partial charge in [-0.2, -0.15) is 0 Å². The maximum absolute atomic E-state index is 13.8. The van der Waals surface area contributed by atoms with Crippen molar-refractivity contribution in [3.05, 3.63) is 114 Å². The first-order valence-electron chi connectivity index (χ1n) is 15.2. The number of rotatable bonds is 6. The van der Waals surface area contributed by atoms with Crippen LogP contribution >= 0.6 is 38.6 Å². The number of ether oxygens (including phenoxy) is 2. The fourth-order valence-corrected chi connectivity index (χ4v) is 9.06. The highest BCUT2D eigenvalue weighted by atomic mass is 79.9. The summed E-state index contributed by atoms with van der Waals surface area (Å²) in [6.45, 7) is 6.43. The van der Waals surface area contributed by atoms with Gasteiger partial charge in [-0.1, -0.05) is 12.1 Å². The van der Waals surface area contributed by atoms with E-state index >= 15 is 0 Å². The number of nitrogens with two attached hydrogens (primary N) is 2. The van der Waals surface area contributed by atoms with Crippen LogP contribution in [0.1, 0.15) is 50.7 Å². The number of nitrogens with one attached hydrogen (secondary N) is 2. The van der Waals surface area contributed by atoms with Crippen molar-refractivity contribution in [3.63, 3.8) is 0 Å². The molecule has 0 radical (unpaired) electrons. The summed E-state index contributed by atoms with van der Waals surface area (Å²) < 4.78 is 26.5. The summed E-state index contributed by atoms with van der Waals surface area (Å²) in [6, 6.07) is 10.3. The molecule has 2 aromatic heterocycles. The first-order chi connectivity index (χ1) is 23.7. The highest BCUT2D eigenvalue weighted by Gasteiger charge is 2.39. The van der Waals surface area contributed by atoms with Crippen molar-refractivity contribution < 1.29 is 33.0 Å². The van der Waals surface area contributed by atoms with Crippen molar-refractivity contribution in [2.24, 2.45) is 11.5 Å². The minimum absolute atomic E-state index is 0.113. The Hall–Kier alpha value is -4.79. The number of ketones is 2. The second-order valence-corrected chi connectivity index (χ2v) is 14.2. The molecule has 0 saturated carbocycles. The lowest BCUT2D eigenvalue weighted by Gasteiger charge is -2.29. The quantitative estimate of drug-likeness (QED) is 0.159. The van der Waals surface area contributed by atoms with E-state index in [-0.39, 0.29) is 40.2 Å². The largest absolute Gasteiger partial charge is 0.466 e. The van der Waals surface area contributed by atoms with Crippen molar-refractivity contribution in [1.29, 1.82) is 0 Å². The molecule has 0 fully saturated rings. The summed E-state index contributed by atoms with van der Waals surface area (Å²) in [5, 5.41) is 11.2. The number of allylic oxidation sites excluding steroid dienone is 4. The monoisotopic (exact) mass is 780 g/mol. The SMILES string of the molecule is COC(=O)C1=C(N)NC(C)=C(C(C)=O)C1c1csc2c(Br)cccc12.COC(=O)C1=C(N)NC(C)=C(C(C)=O)C1c1csc2ccc(F)cc12. The number of carbonyl (C=O) groups excluding carboxylic acids is 4. The molecular formula is C36H34BrFN4O6S2.